The smallest absolute Gasteiger partial charge is 0.271 e. The van der Waals surface area contributed by atoms with E-state index in [0.717, 1.165) is 16.9 Å². The number of rotatable bonds is 7. The van der Waals surface area contributed by atoms with Gasteiger partial charge in [-0.15, -0.1) is 11.3 Å². The zero-order valence-electron chi connectivity index (χ0n) is 14.8. The van der Waals surface area contributed by atoms with Crippen LogP contribution in [0, 0.1) is 0 Å². The Balaban J connectivity index is 1.72. The Kier molecular flexibility index (Phi) is 5.93. The van der Waals surface area contributed by atoms with Gasteiger partial charge < -0.3 is 5.32 Å². The predicted octanol–water partition coefficient (Wildman–Crippen LogP) is 4.08. The van der Waals surface area contributed by atoms with Crippen molar-refractivity contribution >= 4 is 33.0 Å². The monoisotopic (exact) mass is 400 g/mol. The summed E-state index contributed by atoms with van der Waals surface area (Å²) in [6.45, 7) is 2.48. The standard InChI is InChI=1S/C20H20N2O3S2/c1-15(16-8-3-2-4-9-16)14-21-20(23)17-10-5-6-11-18(17)22-27(24,25)19-12-7-13-26-19/h2-13,15,22H,14H2,1H3,(H,21,23)/t15-/m1/s1. The summed E-state index contributed by atoms with van der Waals surface area (Å²) < 4.78 is 27.6. The Labute approximate surface area is 163 Å². The second kappa shape index (κ2) is 8.37. The van der Waals surface area contributed by atoms with E-state index in [-0.39, 0.29) is 27.3 Å². The average molecular weight is 401 g/mol. The molecule has 2 aromatic carbocycles. The van der Waals surface area contributed by atoms with Gasteiger partial charge in [0.25, 0.3) is 15.9 Å². The number of benzene rings is 2. The molecule has 0 saturated carbocycles. The van der Waals surface area contributed by atoms with Gasteiger partial charge in [0, 0.05) is 6.54 Å². The second-order valence-corrected chi connectivity index (χ2v) is 8.96. The Morgan fingerprint density at radius 3 is 2.41 bits per heavy atom. The second-order valence-electron chi connectivity index (χ2n) is 6.10. The lowest BCUT2D eigenvalue weighted by Crippen LogP contribution is -2.28. The van der Waals surface area contributed by atoms with Gasteiger partial charge in [-0.2, -0.15) is 0 Å². The van der Waals surface area contributed by atoms with Crippen molar-refractivity contribution < 1.29 is 13.2 Å². The molecule has 0 spiro atoms. The summed E-state index contributed by atoms with van der Waals surface area (Å²) in [7, 11) is -3.71. The summed E-state index contributed by atoms with van der Waals surface area (Å²) in [4.78, 5) is 12.6. The molecule has 0 aliphatic carbocycles. The molecule has 0 radical (unpaired) electrons. The number of para-hydroxylation sites is 1. The molecule has 2 N–H and O–H groups in total. The molecule has 0 aliphatic heterocycles. The predicted molar refractivity (Wildman–Crippen MR) is 109 cm³/mol. The van der Waals surface area contributed by atoms with Gasteiger partial charge in [0.2, 0.25) is 0 Å². The van der Waals surface area contributed by atoms with E-state index < -0.39 is 10.0 Å². The van der Waals surface area contributed by atoms with Crippen molar-refractivity contribution in [1.29, 1.82) is 0 Å². The molecule has 3 aromatic rings. The fourth-order valence-electron chi connectivity index (χ4n) is 2.62. The van der Waals surface area contributed by atoms with Crippen LogP contribution in [0.3, 0.4) is 0 Å². The van der Waals surface area contributed by atoms with Crippen LogP contribution in [-0.4, -0.2) is 20.9 Å². The maximum Gasteiger partial charge on any atom is 0.271 e. The summed E-state index contributed by atoms with van der Waals surface area (Å²) in [6.07, 6.45) is 0. The lowest BCUT2D eigenvalue weighted by molar-refractivity contribution is 0.0952. The lowest BCUT2D eigenvalue weighted by atomic mass is 10.0. The maximum atomic E-state index is 12.6. The third kappa shape index (κ3) is 4.75. The van der Waals surface area contributed by atoms with E-state index in [4.69, 9.17) is 0 Å². The highest BCUT2D eigenvalue weighted by atomic mass is 32.2. The summed E-state index contributed by atoms with van der Waals surface area (Å²) in [5, 5.41) is 4.58. The molecule has 5 nitrogen and oxygen atoms in total. The zero-order chi connectivity index (χ0) is 19.3. The highest BCUT2D eigenvalue weighted by Crippen LogP contribution is 2.23. The number of sulfonamides is 1. The minimum Gasteiger partial charge on any atom is -0.351 e. The molecular weight excluding hydrogens is 380 g/mol. The fourth-order valence-corrected chi connectivity index (χ4v) is 4.69. The van der Waals surface area contributed by atoms with E-state index in [0.29, 0.717) is 6.54 Å². The number of amides is 1. The van der Waals surface area contributed by atoms with Gasteiger partial charge in [0.05, 0.1) is 11.3 Å². The number of nitrogens with one attached hydrogen (secondary N) is 2. The highest BCUT2D eigenvalue weighted by molar-refractivity contribution is 7.94. The molecule has 140 valence electrons. The van der Waals surface area contributed by atoms with Crippen LogP contribution >= 0.6 is 11.3 Å². The molecule has 1 aromatic heterocycles. The Morgan fingerprint density at radius 1 is 1.00 bits per heavy atom. The third-order valence-corrected chi connectivity index (χ3v) is 6.88. The van der Waals surface area contributed by atoms with Crippen molar-refractivity contribution in [3.8, 4) is 0 Å². The van der Waals surface area contributed by atoms with Crippen LogP contribution in [0.5, 0.6) is 0 Å². The van der Waals surface area contributed by atoms with Gasteiger partial charge in [-0.05, 0) is 35.1 Å². The molecule has 0 saturated heterocycles. The van der Waals surface area contributed by atoms with E-state index in [1.54, 1.807) is 35.7 Å². The molecule has 0 bridgehead atoms. The Hall–Kier alpha value is -2.64. The van der Waals surface area contributed by atoms with Gasteiger partial charge in [0.15, 0.2) is 0 Å². The average Bonchev–Trinajstić information content (AvgIpc) is 3.22. The number of hydrogen-bond acceptors (Lipinski definition) is 4. The van der Waals surface area contributed by atoms with Crippen LogP contribution in [0.2, 0.25) is 0 Å². The largest absolute Gasteiger partial charge is 0.351 e. The van der Waals surface area contributed by atoms with E-state index in [1.165, 1.54) is 6.07 Å². The molecule has 1 atom stereocenters. The minimum absolute atomic E-state index is 0.144. The number of carbonyl (C=O) groups is 1. The molecule has 1 amide bonds. The van der Waals surface area contributed by atoms with E-state index in [2.05, 4.69) is 10.0 Å². The summed E-state index contributed by atoms with van der Waals surface area (Å²) >= 11 is 1.12. The first kappa shape index (κ1) is 19.1. The van der Waals surface area contributed by atoms with Crippen LogP contribution in [0.25, 0.3) is 0 Å². The molecular formula is C20H20N2O3S2. The zero-order valence-corrected chi connectivity index (χ0v) is 16.4. The quantitative estimate of drug-likeness (QED) is 0.627. The minimum atomic E-state index is -3.71. The molecule has 3 rings (SSSR count). The van der Waals surface area contributed by atoms with Gasteiger partial charge >= 0.3 is 0 Å². The van der Waals surface area contributed by atoms with E-state index >= 15 is 0 Å². The lowest BCUT2D eigenvalue weighted by Gasteiger charge is -2.15. The van der Waals surface area contributed by atoms with E-state index in [9.17, 15) is 13.2 Å². The first-order chi connectivity index (χ1) is 13.0. The molecule has 27 heavy (non-hydrogen) atoms. The van der Waals surface area contributed by atoms with Crippen LogP contribution in [0.4, 0.5) is 5.69 Å². The highest BCUT2D eigenvalue weighted by Gasteiger charge is 2.19. The molecule has 1 heterocycles. The fraction of sp³-hybridized carbons (Fsp3) is 0.150. The van der Waals surface area contributed by atoms with Crippen molar-refractivity contribution in [3.05, 3.63) is 83.2 Å². The summed E-state index contributed by atoms with van der Waals surface area (Å²) in [6, 6.07) is 19.7. The Bertz CT molecular complexity index is 1000. The van der Waals surface area contributed by atoms with Crippen LogP contribution in [0.15, 0.2) is 76.3 Å². The first-order valence-electron chi connectivity index (χ1n) is 8.46. The van der Waals surface area contributed by atoms with Crippen molar-refractivity contribution in [3.63, 3.8) is 0 Å². The molecule has 0 fully saturated rings. The van der Waals surface area contributed by atoms with Gasteiger partial charge in [0.1, 0.15) is 4.21 Å². The van der Waals surface area contributed by atoms with Gasteiger partial charge in [-0.25, -0.2) is 8.42 Å². The van der Waals surface area contributed by atoms with Crippen LogP contribution < -0.4 is 10.0 Å². The van der Waals surface area contributed by atoms with Crippen molar-refractivity contribution in [2.45, 2.75) is 17.1 Å². The van der Waals surface area contributed by atoms with Crippen molar-refractivity contribution in [2.24, 2.45) is 0 Å². The van der Waals surface area contributed by atoms with E-state index in [1.807, 2.05) is 37.3 Å². The molecule has 0 unspecified atom stereocenters. The maximum absolute atomic E-state index is 12.6. The summed E-state index contributed by atoms with van der Waals surface area (Å²) in [5.74, 6) is -0.174. The number of thiophene rings is 1. The number of anilines is 1. The number of carbonyl (C=O) groups excluding carboxylic acids is 1. The third-order valence-electron chi connectivity index (χ3n) is 4.11. The normalized spacial score (nSPS) is 12.3. The van der Waals surface area contributed by atoms with Gasteiger partial charge in [-0.3, -0.25) is 9.52 Å². The van der Waals surface area contributed by atoms with Crippen molar-refractivity contribution in [1.82, 2.24) is 5.32 Å². The molecule has 7 heteroatoms. The van der Waals surface area contributed by atoms with Crippen LogP contribution in [0.1, 0.15) is 28.8 Å². The number of hydrogen-bond donors (Lipinski definition) is 2. The van der Waals surface area contributed by atoms with Gasteiger partial charge in [-0.1, -0.05) is 55.5 Å². The SMILES string of the molecule is C[C@H](CNC(=O)c1ccccc1NS(=O)(=O)c1cccs1)c1ccccc1. The van der Waals surface area contributed by atoms with Crippen LogP contribution in [-0.2, 0) is 10.0 Å². The Morgan fingerprint density at radius 2 is 1.70 bits per heavy atom. The molecule has 0 aliphatic rings. The summed E-state index contributed by atoms with van der Waals surface area (Å²) in [5.41, 5.74) is 1.68. The topological polar surface area (TPSA) is 75.3 Å². The van der Waals surface area contributed by atoms with Crippen molar-refractivity contribution in [2.75, 3.05) is 11.3 Å². The first-order valence-corrected chi connectivity index (χ1v) is 10.8.